The maximum Gasteiger partial charge on any atom is 0.460 e. The monoisotopic (exact) mass is 2100 g/mol. The van der Waals surface area contributed by atoms with Gasteiger partial charge in [-0.15, -0.1) is 0 Å². The van der Waals surface area contributed by atoms with Gasteiger partial charge in [0, 0.05) is 51.4 Å². The molecule has 0 fully saturated rings. The van der Waals surface area contributed by atoms with Crippen LogP contribution in [-0.4, -0.2) is 237 Å². The molecule has 0 N–H and O–H groups in total. The van der Waals surface area contributed by atoms with Crippen molar-refractivity contribution in [3.8, 4) is 0 Å². The van der Waals surface area contributed by atoms with Crippen LogP contribution in [0.2, 0.25) is 0 Å². The molecule has 0 aromatic carbocycles. The molecule has 0 bridgehead atoms. The van der Waals surface area contributed by atoms with E-state index in [2.05, 4.69) is 67.8 Å². The molecule has 0 saturated heterocycles. The summed E-state index contributed by atoms with van der Waals surface area (Å²) >= 11 is 15.8. The molecular formula is C49H24F68O4S4. The average molecular weight is 2100 g/mol. The summed E-state index contributed by atoms with van der Waals surface area (Å²) in [5.74, 6) is -252. The van der Waals surface area contributed by atoms with E-state index < -0.39 is 294 Å². The second kappa shape index (κ2) is 33.8. The predicted octanol–water partition coefficient (Wildman–Crippen LogP) is 26.5. The molecule has 4 nitrogen and oxygen atoms in total. The van der Waals surface area contributed by atoms with Crippen molar-refractivity contribution in [3.05, 3.63) is 0 Å². The van der Waals surface area contributed by atoms with Crippen LogP contribution in [-0.2, 0) is 18.9 Å². The van der Waals surface area contributed by atoms with Gasteiger partial charge in [-0.3, -0.25) is 0 Å². The summed E-state index contributed by atoms with van der Waals surface area (Å²) in [6.07, 6.45) is -62.3. The van der Waals surface area contributed by atoms with E-state index in [1.165, 1.54) is 0 Å². The number of hydrogen-bond donors (Lipinski definition) is 0. The number of thiocarbonyl (C=S) groups is 4. The molecule has 0 aliphatic heterocycles. The molecule has 0 saturated carbocycles. The summed E-state index contributed by atoms with van der Waals surface area (Å²) in [6, 6.07) is 0. The van der Waals surface area contributed by atoms with Crippen molar-refractivity contribution >= 4 is 69.1 Å². The molecule has 0 radical (unpaired) electrons. The minimum atomic E-state index is -9.50. The maximum atomic E-state index is 14.9. The summed E-state index contributed by atoms with van der Waals surface area (Å²) < 4.78 is 965. The smallest absolute Gasteiger partial charge is 0.460 e. The topological polar surface area (TPSA) is 36.9 Å². The fourth-order valence-electron chi connectivity index (χ4n) is 7.92. The molecule has 0 aliphatic carbocycles. The van der Waals surface area contributed by atoms with Gasteiger partial charge >= 0.3 is 191 Å². The third kappa shape index (κ3) is 18.6. The molecule has 0 heterocycles. The van der Waals surface area contributed by atoms with E-state index >= 15 is 0 Å². The Labute approximate surface area is 659 Å². The number of halogens is 68. The summed E-state index contributed by atoms with van der Waals surface area (Å²) in [6.45, 7) is -12.1. The van der Waals surface area contributed by atoms with Crippen LogP contribution in [0, 0.1) is 5.41 Å². The molecule has 0 spiro atoms. The molecule has 0 amide bonds. The number of rotatable bonds is 44. The Morgan fingerprint density at radius 1 is 0.136 bits per heavy atom. The molecule has 76 heteroatoms. The highest BCUT2D eigenvalue weighted by molar-refractivity contribution is 7.80. The van der Waals surface area contributed by atoms with Gasteiger partial charge in [-0.25, -0.2) is 0 Å². The zero-order chi connectivity index (χ0) is 102. The lowest BCUT2D eigenvalue weighted by atomic mass is 9.88. The van der Waals surface area contributed by atoms with Gasteiger partial charge in [0.25, 0.3) is 0 Å². The van der Waals surface area contributed by atoms with Crippen molar-refractivity contribution in [2.45, 2.75) is 242 Å². The number of ether oxygens (including phenoxy) is 4. The van der Waals surface area contributed by atoms with E-state index in [-0.39, 0.29) is 0 Å². The van der Waals surface area contributed by atoms with Crippen LogP contribution >= 0.6 is 48.9 Å². The normalized spacial score (nSPS) is 16.4. The lowest BCUT2D eigenvalue weighted by molar-refractivity contribution is -0.461. The van der Waals surface area contributed by atoms with Crippen molar-refractivity contribution in [3.63, 3.8) is 0 Å². The minimum absolute atomic E-state index is 2.71. The van der Waals surface area contributed by atoms with Gasteiger partial charge in [-0.05, 0) is 48.9 Å². The van der Waals surface area contributed by atoms with Gasteiger partial charge in [-0.1, -0.05) is 0 Å². The Morgan fingerprint density at radius 3 is 0.320 bits per heavy atom. The lowest BCUT2D eigenvalue weighted by Crippen LogP contribution is -2.74. The first-order chi connectivity index (χ1) is 53.4. The maximum absolute atomic E-state index is 14.9. The largest absolute Gasteiger partial charge is 0.486 e. The highest BCUT2D eigenvalue weighted by Crippen LogP contribution is 2.71. The number of alkyl halides is 68. The van der Waals surface area contributed by atoms with E-state index in [0.29, 0.717) is 0 Å². The molecule has 0 aliphatic rings. The van der Waals surface area contributed by atoms with Crippen LogP contribution in [0.3, 0.4) is 0 Å². The molecule has 0 rings (SSSR count). The third-order valence-corrected chi connectivity index (χ3v) is 17.2. The van der Waals surface area contributed by atoms with Crippen LogP contribution in [0.15, 0.2) is 0 Å². The van der Waals surface area contributed by atoms with E-state index in [1.54, 1.807) is 0 Å². The summed E-state index contributed by atoms with van der Waals surface area (Å²) in [7, 11) is 0. The van der Waals surface area contributed by atoms with Gasteiger partial charge in [0.1, 0.15) is 31.8 Å². The second-order valence-electron chi connectivity index (χ2n) is 24.7. The molecule has 0 atom stereocenters. The minimum Gasteiger partial charge on any atom is -0.486 e. The zero-order valence-electron chi connectivity index (χ0n) is 56.0. The molecule has 0 aromatic rings. The standard InChI is InChI=1S/C49H24F68O4S4/c50-18(51,22(58,59)26(66,67)30(74,75)34(82,83)38(90,91)42(98,99)46(106,107)108)5-1-13(122)118-9-17(10-119-14(123)2-6-19(52,53)23(60,61)27(68,69)31(76,77)35(84,85)39(92,93)43(100,101)47(109,110)111,11-120-15(124)3-7-20(54,55)24(62,63)28(70,71)32(78,79)36(86,87)40(94,95)44(102,103)48(112,113)114)12-121-16(125)4-8-21(56,57)25(64,65)29(72,73)33(80,81)37(88,89)41(96,97)45(104,105)49(115,116)117/h1-12H2. The van der Waals surface area contributed by atoms with Gasteiger partial charge in [-0.2, -0.15) is 299 Å². The van der Waals surface area contributed by atoms with E-state index in [9.17, 15) is 299 Å². The molecule has 125 heavy (non-hydrogen) atoms. The average Bonchev–Trinajstić information content (AvgIpc) is 0.707. The van der Waals surface area contributed by atoms with Crippen LogP contribution in [0.5, 0.6) is 0 Å². The van der Waals surface area contributed by atoms with Gasteiger partial charge in [0.2, 0.25) is 0 Å². The first-order valence-corrected chi connectivity index (χ1v) is 30.5. The quantitative estimate of drug-likeness (QED) is 0.0441. The van der Waals surface area contributed by atoms with Crippen molar-refractivity contribution in [2.75, 3.05) is 26.4 Å². The van der Waals surface area contributed by atoms with Crippen molar-refractivity contribution < 1.29 is 317 Å². The van der Waals surface area contributed by atoms with Crippen LogP contribution < -0.4 is 0 Å². The first-order valence-electron chi connectivity index (χ1n) is 28.9. The summed E-state index contributed by atoms with van der Waals surface area (Å²) in [5.41, 5.74) is -4.39. The van der Waals surface area contributed by atoms with Gasteiger partial charge < -0.3 is 18.9 Å². The predicted molar refractivity (Wildman–Crippen MR) is 276 cm³/mol. The summed E-state index contributed by atoms with van der Waals surface area (Å²) in [4.78, 5) is 0. The lowest BCUT2D eigenvalue weighted by Gasteiger charge is -2.43. The Morgan fingerprint density at radius 2 is 0.224 bits per heavy atom. The SMILES string of the molecule is FC(F)(F)C(F)(F)C(F)(F)C(F)(F)C(F)(F)C(F)(F)C(F)(F)C(F)(F)CCC(=S)OCC(COC(=S)CCC(F)(F)C(F)(F)C(F)(F)C(F)(F)C(F)(F)C(F)(F)C(F)(F)C(F)(F)F)(COC(=S)CCC(F)(F)C(F)(F)C(F)(F)C(F)(F)C(F)(F)C(F)(F)C(F)(F)C(F)(F)F)COC(=S)CCC(F)(F)C(F)(F)C(F)(F)C(F)(F)C(F)(F)C(F)(F)C(F)(F)C(F)(F)F. The van der Waals surface area contributed by atoms with Crippen LogP contribution in [0.1, 0.15) is 51.4 Å². The second-order valence-corrected chi connectivity index (χ2v) is 26.6. The number of hydrogen-bond acceptors (Lipinski definition) is 8. The van der Waals surface area contributed by atoms with Crippen LogP contribution in [0.25, 0.3) is 0 Å². The fraction of sp³-hybridized carbons (Fsp3) is 0.918. The highest BCUT2D eigenvalue weighted by atomic mass is 32.1. The Hall–Kier alpha value is -5.20. The Balaban J connectivity index is 9.02. The van der Waals surface area contributed by atoms with Crippen molar-refractivity contribution in [1.29, 1.82) is 0 Å². The van der Waals surface area contributed by atoms with Crippen molar-refractivity contribution in [1.82, 2.24) is 0 Å². The fourth-order valence-corrected chi connectivity index (χ4v) is 8.57. The van der Waals surface area contributed by atoms with Gasteiger partial charge in [0.05, 0.1) is 0 Å². The van der Waals surface area contributed by atoms with E-state index in [0.717, 1.165) is 0 Å². The zero-order valence-corrected chi connectivity index (χ0v) is 59.2. The molecule has 0 unspecified atom stereocenters. The van der Waals surface area contributed by atoms with Crippen molar-refractivity contribution in [2.24, 2.45) is 5.41 Å². The van der Waals surface area contributed by atoms with E-state index in [4.69, 9.17) is 0 Å². The third-order valence-electron chi connectivity index (χ3n) is 15.9. The van der Waals surface area contributed by atoms with E-state index in [1.807, 2.05) is 0 Å². The Bertz CT molecular complexity index is 3280. The molecule has 744 valence electrons. The summed E-state index contributed by atoms with van der Waals surface area (Å²) in [5, 5.41) is -10.9. The highest BCUT2D eigenvalue weighted by Gasteiger charge is 3.00. The Kier molecular flexibility index (Phi) is 32.4. The van der Waals surface area contributed by atoms with Crippen LogP contribution in [0.4, 0.5) is 299 Å². The molecular weight excluding hydrogens is 2070 g/mol. The first kappa shape index (κ1) is 120. The molecule has 0 aromatic heterocycles. The van der Waals surface area contributed by atoms with Gasteiger partial charge in [0.15, 0.2) is 20.2 Å².